The molecule has 2 heterocycles. The molecule has 0 amide bonds. The first-order valence-electron chi connectivity index (χ1n) is 23.1. The average Bonchev–Trinajstić information content (AvgIpc) is 3.66. The molecule has 0 radical (unpaired) electrons. The molecule has 318 valence electrons. The van der Waals surface area contributed by atoms with E-state index in [0.717, 1.165) is 81.2 Å². The van der Waals surface area contributed by atoms with E-state index < -0.39 is 22.7 Å². The molecular weight excluding hydrogens is 789 g/mol. The summed E-state index contributed by atoms with van der Waals surface area (Å²) >= 11 is 0. The predicted octanol–water partition coefficient (Wildman–Crippen LogP) is 10.6. The van der Waals surface area contributed by atoms with Gasteiger partial charge in [-0.3, -0.25) is 9.59 Å². The molecule has 2 atom stereocenters. The summed E-state index contributed by atoms with van der Waals surface area (Å²) in [5.41, 5.74) is 6.52. The highest BCUT2D eigenvalue weighted by Gasteiger charge is 2.57. The summed E-state index contributed by atoms with van der Waals surface area (Å²) in [6.45, 7) is 14.4. The zero-order chi connectivity index (χ0) is 44.4. The van der Waals surface area contributed by atoms with Crippen LogP contribution in [0.4, 0.5) is 11.4 Å². The largest absolute Gasteiger partial charge is 0.874 e. The lowest BCUT2D eigenvalue weighted by Gasteiger charge is -2.40. The molecule has 0 saturated carbocycles. The lowest BCUT2D eigenvalue weighted by atomic mass is 9.65. The van der Waals surface area contributed by atoms with Crippen LogP contribution in [-0.4, -0.2) is 45.2 Å². The summed E-state index contributed by atoms with van der Waals surface area (Å²) in [7, 11) is 0. The van der Waals surface area contributed by atoms with Crippen LogP contribution in [0.2, 0.25) is 0 Å². The number of rotatable bonds is 10. The fourth-order valence-electron chi connectivity index (χ4n) is 12.2. The molecule has 7 aromatic carbocycles. The minimum Gasteiger partial charge on any atom is -0.874 e. The number of benzene rings is 7. The first-order chi connectivity index (χ1) is 30.9. The molecule has 11 rings (SSSR count). The lowest BCUT2D eigenvalue weighted by Crippen LogP contribution is -2.49. The molecule has 0 bridgehead atoms. The summed E-state index contributed by atoms with van der Waals surface area (Å²) in [5, 5.41) is 37.4. The third kappa shape index (κ3) is 5.32. The lowest BCUT2D eigenvalue weighted by molar-refractivity contribution is -0.442. The van der Waals surface area contributed by atoms with Crippen LogP contribution < -0.4 is 10.2 Å². The van der Waals surface area contributed by atoms with Crippen LogP contribution in [0.5, 0.6) is 0 Å². The zero-order valence-electron chi connectivity index (χ0n) is 37.5. The van der Waals surface area contributed by atoms with Gasteiger partial charge >= 0.3 is 0 Å². The van der Waals surface area contributed by atoms with E-state index in [9.17, 15) is 0 Å². The van der Waals surface area contributed by atoms with Gasteiger partial charge < -0.3 is 10.2 Å². The number of carbonyl (C=O) groups excluding carboxylic acids is 2. The van der Waals surface area contributed by atoms with Crippen molar-refractivity contribution in [3.05, 3.63) is 155 Å². The molecule has 7 aromatic rings. The predicted molar refractivity (Wildman–Crippen MR) is 256 cm³/mol. The highest BCUT2D eigenvalue weighted by atomic mass is 16.3. The first kappa shape index (κ1) is 40.1. The minimum atomic E-state index is -0.918. The molecule has 0 N–H and O–H groups in total. The number of unbranched alkanes of at least 4 members (excludes halogenated alkanes) is 2. The summed E-state index contributed by atoms with van der Waals surface area (Å²) in [6, 6.07) is 40.6. The van der Waals surface area contributed by atoms with Gasteiger partial charge in [0.15, 0.2) is 23.0 Å². The van der Waals surface area contributed by atoms with Gasteiger partial charge in [0.1, 0.15) is 24.9 Å². The Balaban J connectivity index is 1.07. The maximum atomic E-state index is 15.1. The standard InChI is InChI=1S/C58H52N2O4/c1-7-9-31-59-41-29-27-33-19-11-13-21-35(33)49(41)57(3,4)55(59)47-51(61)45(52(47)62)43-37-23-15-17-25-39(37)44(40-26-18-16-24-38(40)43)46-53(63)48(54(46)64)56-58(5,6)50-36-22-14-12-20-34(36)28-30-42(50)60(56)32-10-8-2/h11-30,47-48H,7-10,31-32H2,1-6H3. The first-order valence-corrected chi connectivity index (χ1v) is 23.1. The van der Waals surface area contributed by atoms with Crippen LogP contribution >= 0.6 is 0 Å². The number of ketones is 2. The molecule has 4 aliphatic rings. The van der Waals surface area contributed by atoms with Crippen molar-refractivity contribution in [2.75, 3.05) is 13.1 Å². The molecule has 0 spiro atoms. The molecule has 64 heavy (non-hydrogen) atoms. The third-order valence-corrected chi connectivity index (χ3v) is 15.0. The van der Waals surface area contributed by atoms with Gasteiger partial charge in [-0.25, -0.2) is 0 Å². The van der Waals surface area contributed by atoms with E-state index in [1.54, 1.807) is 0 Å². The Morgan fingerprint density at radius 2 is 0.797 bits per heavy atom. The Bertz CT molecular complexity index is 3100. The number of allylic oxidation sites excluding steroid dienone is 4. The van der Waals surface area contributed by atoms with Crippen molar-refractivity contribution in [3.8, 4) is 0 Å². The normalized spacial score (nSPS) is 20.0. The minimum absolute atomic E-state index is 0.183. The summed E-state index contributed by atoms with van der Waals surface area (Å²) in [6.07, 6.45) is 3.79. The van der Waals surface area contributed by atoms with Crippen molar-refractivity contribution in [2.24, 2.45) is 11.8 Å². The van der Waals surface area contributed by atoms with Gasteiger partial charge in [0.05, 0.1) is 10.8 Å². The molecule has 6 nitrogen and oxygen atoms in total. The third-order valence-electron chi connectivity index (χ3n) is 15.0. The summed E-state index contributed by atoms with van der Waals surface area (Å²) < 4.78 is 4.52. The van der Waals surface area contributed by atoms with Crippen molar-refractivity contribution in [1.82, 2.24) is 0 Å². The topological polar surface area (TPSA) is 86.3 Å². The van der Waals surface area contributed by atoms with E-state index >= 15 is 19.8 Å². The van der Waals surface area contributed by atoms with Gasteiger partial charge in [0, 0.05) is 58.4 Å². The van der Waals surface area contributed by atoms with Crippen LogP contribution in [0.15, 0.2) is 133 Å². The van der Waals surface area contributed by atoms with Gasteiger partial charge in [-0.1, -0.05) is 135 Å². The second-order valence-corrected chi connectivity index (χ2v) is 19.3. The second-order valence-electron chi connectivity index (χ2n) is 19.3. The molecule has 2 aliphatic carbocycles. The molecule has 6 heteroatoms. The van der Waals surface area contributed by atoms with Crippen LogP contribution in [0.3, 0.4) is 0 Å². The molecule has 0 saturated heterocycles. The monoisotopic (exact) mass is 840 g/mol. The smallest absolute Gasteiger partial charge is 0.210 e. The molecule has 2 unspecified atom stereocenters. The number of Topliss-reactive ketones (excluding diaryl/α,β-unsaturated/α-hetero) is 2. The van der Waals surface area contributed by atoms with Crippen LogP contribution in [0, 0.1) is 11.8 Å². The van der Waals surface area contributed by atoms with Crippen LogP contribution in [-0.2, 0) is 20.4 Å². The number of hydrogen-bond donors (Lipinski definition) is 0. The number of carbonyl (C=O) groups is 2. The van der Waals surface area contributed by atoms with Gasteiger partial charge in [0.25, 0.3) is 0 Å². The van der Waals surface area contributed by atoms with Crippen molar-refractivity contribution in [2.45, 2.75) is 78.1 Å². The number of nitrogens with zero attached hydrogens (tertiary/aromatic N) is 2. The maximum Gasteiger partial charge on any atom is 0.210 e. The second kappa shape index (κ2) is 14.4. The fraction of sp³-hybridized carbons (Fsp3) is 0.276. The van der Waals surface area contributed by atoms with Gasteiger partial charge in [-0.15, -0.1) is 0 Å². The van der Waals surface area contributed by atoms with Crippen molar-refractivity contribution in [1.29, 1.82) is 0 Å². The summed E-state index contributed by atoms with van der Waals surface area (Å²) in [4.78, 5) is 30.1. The number of hydrogen-bond acceptors (Lipinski definition) is 4. The Hall–Kier alpha value is -6.66. The SMILES string of the molecule is CCCC[N+]1=C(C2C(=O)C(c3c4ccccc4c(C4=C([O-])C(C5=[N+](CCCC)c6ccc7ccccc7c6C5(C)C)C4=O)c4ccccc34)=C2[O-])C(C)(C)c2c1ccc1ccccc21. The Labute approximate surface area is 374 Å². The van der Waals surface area contributed by atoms with Crippen molar-refractivity contribution < 1.29 is 29.0 Å². The van der Waals surface area contributed by atoms with Gasteiger partial charge in [-0.05, 0) is 82.9 Å². The van der Waals surface area contributed by atoms with E-state index in [2.05, 4.69) is 111 Å². The Kier molecular flexibility index (Phi) is 9.05. The van der Waals surface area contributed by atoms with E-state index in [1.165, 1.54) is 0 Å². The van der Waals surface area contributed by atoms with E-state index in [-0.39, 0.29) is 34.2 Å². The molecular formula is C58H52N2O4. The maximum absolute atomic E-state index is 15.1. The number of fused-ring (bicyclic) bond motifs is 8. The fourth-order valence-corrected chi connectivity index (χ4v) is 12.2. The van der Waals surface area contributed by atoms with Crippen LogP contribution in [0.25, 0.3) is 54.2 Å². The highest BCUT2D eigenvalue weighted by molar-refractivity contribution is 6.44. The van der Waals surface area contributed by atoms with Crippen molar-refractivity contribution >= 4 is 88.6 Å². The van der Waals surface area contributed by atoms with E-state index in [4.69, 9.17) is 0 Å². The van der Waals surface area contributed by atoms with Crippen molar-refractivity contribution in [3.63, 3.8) is 0 Å². The quantitative estimate of drug-likeness (QED) is 0.101. The van der Waals surface area contributed by atoms with E-state index in [1.807, 2.05) is 60.7 Å². The van der Waals surface area contributed by atoms with Gasteiger partial charge in [0.2, 0.25) is 11.4 Å². The Morgan fingerprint density at radius 1 is 0.469 bits per heavy atom. The molecule has 0 fully saturated rings. The average molecular weight is 841 g/mol. The van der Waals surface area contributed by atoms with Crippen LogP contribution in [0.1, 0.15) is 89.5 Å². The zero-order valence-corrected chi connectivity index (χ0v) is 37.5. The molecule has 2 aliphatic heterocycles. The van der Waals surface area contributed by atoms with E-state index in [0.29, 0.717) is 45.8 Å². The highest BCUT2D eigenvalue weighted by Crippen LogP contribution is 2.54. The Morgan fingerprint density at radius 3 is 1.12 bits per heavy atom. The summed E-state index contributed by atoms with van der Waals surface area (Å²) in [5.74, 6) is -2.57. The van der Waals surface area contributed by atoms with Gasteiger partial charge in [-0.2, -0.15) is 9.15 Å². The molecule has 0 aromatic heterocycles.